The minimum atomic E-state index is -3.49. The third-order valence-electron chi connectivity index (χ3n) is 2.06. The van der Waals surface area contributed by atoms with Crippen LogP contribution in [0.3, 0.4) is 0 Å². The molecule has 0 spiro atoms. The molecule has 17 heavy (non-hydrogen) atoms. The molecule has 3 nitrogen and oxygen atoms in total. The van der Waals surface area contributed by atoms with Gasteiger partial charge in [-0.1, -0.05) is 46.8 Å². The van der Waals surface area contributed by atoms with Gasteiger partial charge in [0.25, 0.3) is 0 Å². The second-order valence-electron chi connectivity index (χ2n) is 3.42. The zero-order chi connectivity index (χ0) is 12.9. The Morgan fingerprint density at radius 2 is 1.94 bits per heavy atom. The van der Waals surface area contributed by atoms with Gasteiger partial charge in [0.1, 0.15) is 0 Å². The molecule has 0 aliphatic heterocycles. The second kappa shape index (κ2) is 6.14. The van der Waals surface area contributed by atoms with E-state index < -0.39 is 10.0 Å². The van der Waals surface area contributed by atoms with Crippen molar-refractivity contribution in [2.24, 2.45) is 0 Å². The molecule has 0 aliphatic rings. The van der Waals surface area contributed by atoms with Crippen molar-refractivity contribution in [3.8, 4) is 0 Å². The van der Waals surface area contributed by atoms with E-state index in [4.69, 9.17) is 0 Å². The first kappa shape index (κ1) is 14.2. The zero-order valence-electron chi connectivity index (χ0n) is 9.34. The van der Waals surface area contributed by atoms with Crippen LogP contribution in [0.25, 0.3) is 0 Å². The fourth-order valence-corrected chi connectivity index (χ4v) is 3.22. The van der Waals surface area contributed by atoms with Gasteiger partial charge >= 0.3 is 0 Å². The van der Waals surface area contributed by atoms with Crippen molar-refractivity contribution in [2.75, 3.05) is 13.1 Å². The van der Waals surface area contributed by atoms with Crippen molar-refractivity contribution < 1.29 is 8.42 Å². The predicted octanol–water partition coefficient (Wildman–Crippen LogP) is 2.77. The Hall–Kier alpha value is -0.910. The van der Waals surface area contributed by atoms with Crippen LogP contribution in [-0.2, 0) is 10.0 Å². The molecule has 0 N–H and O–H groups in total. The van der Waals surface area contributed by atoms with E-state index in [0.29, 0.717) is 4.48 Å². The fraction of sp³-hybridized carbons (Fsp3) is 0.167. The second-order valence-corrected chi connectivity index (χ2v) is 6.48. The maximum Gasteiger partial charge on any atom is 0.243 e. The van der Waals surface area contributed by atoms with E-state index in [1.807, 2.05) is 0 Å². The maximum atomic E-state index is 12.3. The highest BCUT2D eigenvalue weighted by molar-refractivity contribution is 9.11. The van der Waals surface area contributed by atoms with Gasteiger partial charge in [-0.25, -0.2) is 8.42 Å². The van der Waals surface area contributed by atoms with Crippen molar-refractivity contribution in [2.45, 2.75) is 4.90 Å². The third kappa shape index (κ3) is 3.80. The number of nitrogens with zero attached hydrogens (tertiary/aromatic N) is 1. The number of hydrogen-bond donors (Lipinski definition) is 0. The van der Waals surface area contributed by atoms with Gasteiger partial charge in [0.15, 0.2) is 0 Å². The molecule has 1 aromatic rings. The van der Waals surface area contributed by atoms with Crippen LogP contribution in [0.4, 0.5) is 0 Å². The van der Waals surface area contributed by atoms with E-state index in [9.17, 15) is 8.42 Å². The Balaban J connectivity index is 3.08. The molecule has 0 amide bonds. The van der Waals surface area contributed by atoms with E-state index in [1.54, 1.807) is 36.4 Å². The molecule has 0 atom stereocenters. The third-order valence-corrected chi connectivity index (χ3v) is 4.14. The van der Waals surface area contributed by atoms with Crippen LogP contribution in [0, 0.1) is 0 Å². The summed E-state index contributed by atoms with van der Waals surface area (Å²) in [4.78, 5) is 0.274. The van der Waals surface area contributed by atoms with E-state index in [2.05, 4.69) is 29.1 Å². The van der Waals surface area contributed by atoms with E-state index in [1.165, 1.54) is 4.31 Å². The molecule has 0 fully saturated rings. The standard InChI is InChI=1S/C12H14BrNO2S/c1-3-9-14(10-11(2)13)17(15,16)12-7-5-4-6-8-12/h3-8H,1-2,9-10H2. The number of halogens is 1. The van der Waals surface area contributed by atoms with Gasteiger partial charge in [-0.05, 0) is 12.1 Å². The molecule has 1 aromatic carbocycles. The highest BCUT2D eigenvalue weighted by atomic mass is 79.9. The lowest BCUT2D eigenvalue weighted by molar-refractivity contribution is 0.473. The molecular formula is C12H14BrNO2S. The summed E-state index contributed by atoms with van der Waals surface area (Å²) in [5, 5.41) is 0. The summed E-state index contributed by atoms with van der Waals surface area (Å²) in [6.45, 7) is 7.70. The van der Waals surface area contributed by atoms with Crippen LogP contribution in [0.15, 0.2) is 58.9 Å². The molecule has 0 saturated heterocycles. The molecule has 0 radical (unpaired) electrons. The van der Waals surface area contributed by atoms with E-state index in [0.717, 1.165) is 0 Å². The Kier molecular flexibility index (Phi) is 5.11. The van der Waals surface area contributed by atoms with Crippen molar-refractivity contribution in [3.63, 3.8) is 0 Å². The molecule has 0 bridgehead atoms. The molecule has 0 unspecified atom stereocenters. The Morgan fingerprint density at radius 1 is 1.35 bits per heavy atom. The largest absolute Gasteiger partial charge is 0.243 e. The normalized spacial score (nSPS) is 11.4. The number of benzene rings is 1. The molecule has 0 aromatic heterocycles. The molecule has 0 saturated carbocycles. The lowest BCUT2D eigenvalue weighted by Crippen LogP contribution is -2.32. The topological polar surface area (TPSA) is 37.4 Å². The average Bonchev–Trinajstić information content (AvgIpc) is 2.29. The maximum absolute atomic E-state index is 12.3. The SMILES string of the molecule is C=CCN(CC(=C)Br)S(=O)(=O)c1ccccc1. The van der Waals surface area contributed by atoms with Gasteiger partial charge < -0.3 is 0 Å². The van der Waals surface area contributed by atoms with Crippen molar-refractivity contribution in [1.29, 1.82) is 0 Å². The number of rotatable bonds is 6. The first-order chi connectivity index (χ1) is 7.98. The Bertz CT molecular complexity index is 496. The van der Waals surface area contributed by atoms with Crippen molar-refractivity contribution >= 4 is 26.0 Å². The first-order valence-electron chi connectivity index (χ1n) is 4.98. The van der Waals surface area contributed by atoms with Crippen molar-refractivity contribution in [1.82, 2.24) is 4.31 Å². The summed E-state index contributed by atoms with van der Waals surface area (Å²) >= 11 is 3.18. The minimum Gasteiger partial charge on any atom is -0.207 e. The summed E-state index contributed by atoms with van der Waals surface area (Å²) in [5.41, 5.74) is 0. The van der Waals surface area contributed by atoms with Crippen LogP contribution in [-0.4, -0.2) is 25.8 Å². The van der Waals surface area contributed by atoms with Crippen LogP contribution in [0.1, 0.15) is 0 Å². The average molecular weight is 316 g/mol. The number of hydrogen-bond acceptors (Lipinski definition) is 2. The first-order valence-corrected chi connectivity index (χ1v) is 7.21. The summed E-state index contributed by atoms with van der Waals surface area (Å²) < 4.78 is 26.5. The van der Waals surface area contributed by atoms with E-state index in [-0.39, 0.29) is 18.0 Å². The van der Waals surface area contributed by atoms with Crippen LogP contribution in [0.5, 0.6) is 0 Å². The fourth-order valence-electron chi connectivity index (χ4n) is 1.32. The monoisotopic (exact) mass is 315 g/mol. The lowest BCUT2D eigenvalue weighted by atomic mass is 10.4. The van der Waals surface area contributed by atoms with Gasteiger partial charge in [0.2, 0.25) is 10.0 Å². The highest BCUT2D eigenvalue weighted by Crippen LogP contribution is 2.17. The molecular weight excluding hydrogens is 302 g/mol. The summed E-state index contributed by atoms with van der Waals surface area (Å²) in [5.74, 6) is 0. The Morgan fingerprint density at radius 3 is 2.41 bits per heavy atom. The highest BCUT2D eigenvalue weighted by Gasteiger charge is 2.23. The number of sulfonamides is 1. The quantitative estimate of drug-likeness (QED) is 0.757. The molecule has 1 rings (SSSR count). The Labute approximate surface area is 111 Å². The van der Waals surface area contributed by atoms with Crippen LogP contribution < -0.4 is 0 Å². The van der Waals surface area contributed by atoms with Gasteiger partial charge in [0, 0.05) is 17.6 Å². The van der Waals surface area contributed by atoms with Crippen LogP contribution in [0.2, 0.25) is 0 Å². The molecule has 92 valence electrons. The smallest absolute Gasteiger partial charge is 0.207 e. The summed E-state index contributed by atoms with van der Waals surface area (Å²) in [6, 6.07) is 8.31. The predicted molar refractivity (Wildman–Crippen MR) is 73.5 cm³/mol. The summed E-state index contributed by atoms with van der Waals surface area (Å²) in [7, 11) is -3.49. The molecule has 5 heteroatoms. The lowest BCUT2D eigenvalue weighted by Gasteiger charge is -2.20. The molecule has 0 aliphatic carbocycles. The van der Waals surface area contributed by atoms with Gasteiger partial charge in [-0.15, -0.1) is 6.58 Å². The minimum absolute atomic E-state index is 0.225. The van der Waals surface area contributed by atoms with Crippen LogP contribution >= 0.6 is 15.9 Å². The van der Waals surface area contributed by atoms with Gasteiger partial charge in [-0.2, -0.15) is 4.31 Å². The van der Waals surface area contributed by atoms with Gasteiger partial charge in [0.05, 0.1) is 4.90 Å². The summed E-state index contributed by atoms with van der Waals surface area (Å²) in [6.07, 6.45) is 1.55. The zero-order valence-corrected chi connectivity index (χ0v) is 11.7. The van der Waals surface area contributed by atoms with E-state index >= 15 is 0 Å². The van der Waals surface area contributed by atoms with Gasteiger partial charge in [-0.3, -0.25) is 0 Å². The molecule has 0 heterocycles. The van der Waals surface area contributed by atoms with Crippen molar-refractivity contribution in [3.05, 3.63) is 54.0 Å².